The van der Waals surface area contributed by atoms with Gasteiger partial charge < -0.3 is 4.74 Å². The first-order valence-corrected chi connectivity index (χ1v) is 10.6. The lowest BCUT2D eigenvalue weighted by molar-refractivity contribution is 0.415. The Morgan fingerprint density at radius 2 is 1.43 bits per heavy atom. The highest BCUT2D eigenvalue weighted by atomic mass is 28.3. The van der Waals surface area contributed by atoms with Crippen LogP contribution in [0, 0.1) is 0 Å². The minimum Gasteiger partial charge on any atom is -0.497 e. The van der Waals surface area contributed by atoms with Crippen molar-refractivity contribution in [3.05, 3.63) is 42.0 Å². The third-order valence-corrected chi connectivity index (χ3v) is 8.31. The van der Waals surface area contributed by atoms with Crippen molar-refractivity contribution in [2.45, 2.75) is 39.3 Å². The second kappa shape index (κ2) is 4.47. The molecule has 1 heterocycles. The summed E-state index contributed by atoms with van der Waals surface area (Å²) < 4.78 is 5.44. The van der Waals surface area contributed by atoms with Gasteiger partial charge in [-0.25, -0.2) is 0 Å². The Labute approximate surface area is 129 Å². The molecule has 2 heteroatoms. The molecule has 0 spiro atoms. The maximum Gasteiger partial charge on any atom is 0.119 e. The fourth-order valence-corrected chi connectivity index (χ4v) is 6.39. The Hall–Kier alpha value is -1.54. The van der Waals surface area contributed by atoms with Gasteiger partial charge in [0.25, 0.3) is 0 Å². The molecule has 0 saturated carbocycles. The molecule has 0 amide bonds. The zero-order chi connectivity index (χ0) is 15.4. The maximum atomic E-state index is 5.44. The van der Waals surface area contributed by atoms with E-state index < -0.39 is 8.07 Å². The highest BCUT2D eigenvalue weighted by Gasteiger charge is 2.38. The van der Waals surface area contributed by atoms with Gasteiger partial charge in [0.2, 0.25) is 0 Å². The number of benzene rings is 2. The van der Waals surface area contributed by atoms with Gasteiger partial charge in [-0.2, -0.15) is 0 Å². The van der Waals surface area contributed by atoms with Gasteiger partial charge >= 0.3 is 0 Å². The van der Waals surface area contributed by atoms with Crippen molar-refractivity contribution >= 4 is 18.4 Å². The molecule has 0 aromatic heterocycles. The van der Waals surface area contributed by atoms with E-state index in [1.807, 2.05) is 0 Å². The molecule has 0 bridgehead atoms. The summed E-state index contributed by atoms with van der Waals surface area (Å²) in [6.45, 7) is 11.7. The predicted molar refractivity (Wildman–Crippen MR) is 93.9 cm³/mol. The number of ether oxygens (including phenoxy) is 1. The molecule has 1 aliphatic rings. The Bertz CT molecular complexity index is 708. The molecule has 1 aliphatic heterocycles. The van der Waals surface area contributed by atoms with Crippen molar-refractivity contribution in [1.29, 1.82) is 0 Å². The van der Waals surface area contributed by atoms with Gasteiger partial charge in [-0.15, -0.1) is 0 Å². The highest BCUT2D eigenvalue weighted by molar-refractivity contribution is 7.03. The molecule has 1 nitrogen and oxygen atoms in total. The Kier molecular flexibility index (Phi) is 3.07. The summed E-state index contributed by atoms with van der Waals surface area (Å²) in [5.74, 6) is 0.951. The predicted octanol–water partition coefficient (Wildman–Crippen LogP) is 3.80. The molecule has 0 atom stereocenters. The fourth-order valence-electron chi connectivity index (χ4n) is 3.34. The standard InChI is InChI=1S/C19H24OSi/c1-19(2,3)13-7-9-17-15(11-13)16-12-14(20-4)8-10-18(16)21(17,5)6/h7-12H,1-6H3. The summed E-state index contributed by atoms with van der Waals surface area (Å²) in [6, 6.07) is 13.7. The summed E-state index contributed by atoms with van der Waals surface area (Å²) in [5.41, 5.74) is 4.39. The summed E-state index contributed by atoms with van der Waals surface area (Å²) in [7, 11) is 0.187. The van der Waals surface area contributed by atoms with E-state index in [-0.39, 0.29) is 5.41 Å². The van der Waals surface area contributed by atoms with E-state index in [2.05, 4.69) is 70.3 Å². The molecule has 110 valence electrons. The van der Waals surface area contributed by atoms with Gasteiger partial charge in [0.1, 0.15) is 13.8 Å². The lowest BCUT2D eigenvalue weighted by Gasteiger charge is -2.22. The molecular formula is C19H24OSi. The van der Waals surface area contributed by atoms with Crippen LogP contribution in [-0.4, -0.2) is 15.2 Å². The molecule has 2 aromatic rings. The van der Waals surface area contributed by atoms with E-state index in [4.69, 9.17) is 4.74 Å². The molecule has 21 heavy (non-hydrogen) atoms. The first kappa shape index (κ1) is 14.4. The van der Waals surface area contributed by atoms with Gasteiger partial charge in [0, 0.05) is 0 Å². The Balaban J connectivity index is 2.28. The molecular weight excluding hydrogens is 272 g/mol. The van der Waals surface area contributed by atoms with Crippen molar-refractivity contribution in [2.75, 3.05) is 7.11 Å². The van der Waals surface area contributed by atoms with Crippen LogP contribution in [0.25, 0.3) is 11.1 Å². The second-order valence-electron chi connectivity index (χ2n) is 7.55. The van der Waals surface area contributed by atoms with Gasteiger partial charge in [-0.3, -0.25) is 0 Å². The molecule has 0 fully saturated rings. The van der Waals surface area contributed by atoms with Gasteiger partial charge in [-0.05, 0) is 44.6 Å². The van der Waals surface area contributed by atoms with Crippen LogP contribution in [0.2, 0.25) is 13.1 Å². The summed E-state index contributed by atoms with van der Waals surface area (Å²) in [5, 5.41) is 3.09. The first-order valence-electron chi connectivity index (χ1n) is 7.59. The van der Waals surface area contributed by atoms with E-state index >= 15 is 0 Å². The number of rotatable bonds is 1. The molecule has 0 radical (unpaired) electrons. The van der Waals surface area contributed by atoms with Gasteiger partial charge in [0.05, 0.1) is 7.11 Å². The van der Waals surface area contributed by atoms with E-state index in [9.17, 15) is 0 Å². The van der Waals surface area contributed by atoms with Crippen LogP contribution in [0.4, 0.5) is 0 Å². The Morgan fingerprint density at radius 3 is 2.00 bits per heavy atom. The van der Waals surface area contributed by atoms with Crippen molar-refractivity contribution in [2.24, 2.45) is 0 Å². The third kappa shape index (κ3) is 2.13. The van der Waals surface area contributed by atoms with Crippen molar-refractivity contribution < 1.29 is 4.74 Å². The van der Waals surface area contributed by atoms with Crippen LogP contribution in [-0.2, 0) is 5.41 Å². The number of hydrogen-bond acceptors (Lipinski definition) is 1. The molecule has 0 unspecified atom stereocenters. The summed E-state index contributed by atoms with van der Waals surface area (Å²) >= 11 is 0. The van der Waals surface area contributed by atoms with Crippen LogP contribution in [0.15, 0.2) is 36.4 Å². The molecule has 0 saturated heterocycles. The van der Waals surface area contributed by atoms with Gasteiger partial charge in [0.15, 0.2) is 0 Å². The monoisotopic (exact) mass is 296 g/mol. The number of hydrogen-bond donors (Lipinski definition) is 0. The quantitative estimate of drug-likeness (QED) is 0.727. The smallest absolute Gasteiger partial charge is 0.119 e. The molecule has 3 rings (SSSR count). The lowest BCUT2D eigenvalue weighted by Crippen LogP contribution is -2.49. The highest BCUT2D eigenvalue weighted by Crippen LogP contribution is 2.34. The van der Waals surface area contributed by atoms with Crippen LogP contribution in [0.5, 0.6) is 5.75 Å². The maximum absolute atomic E-state index is 5.44. The number of methoxy groups -OCH3 is 1. The lowest BCUT2D eigenvalue weighted by atomic mass is 9.85. The summed E-state index contributed by atoms with van der Waals surface area (Å²) in [6.07, 6.45) is 0. The minimum absolute atomic E-state index is 0.183. The van der Waals surface area contributed by atoms with Crippen LogP contribution in [0.1, 0.15) is 26.3 Å². The van der Waals surface area contributed by atoms with Gasteiger partial charge in [-0.1, -0.05) is 58.1 Å². The minimum atomic E-state index is -1.55. The molecule has 0 N–H and O–H groups in total. The van der Waals surface area contributed by atoms with E-state index in [1.54, 1.807) is 12.3 Å². The third-order valence-electron chi connectivity index (χ3n) is 4.75. The average Bonchev–Trinajstić information content (AvgIpc) is 2.66. The zero-order valence-electron chi connectivity index (χ0n) is 13.9. The second-order valence-corrected chi connectivity index (χ2v) is 11.9. The molecule has 2 aromatic carbocycles. The van der Waals surface area contributed by atoms with Crippen LogP contribution >= 0.6 is 0 Å². The largest absolute Gasteiger partial charge is 0.497 e. The average molecular weight is 296 g/mol. The van der Waals surface area contributed by atoms with Crippen molar-refractivity contribution in [3.63, 3.8) is 0 Å². The van der Waals surface area contributed by atoms with Crippen LogP contribution < -0.4 is 15.1 Å². The molecule has 0 aliphatic carbocycles. The Morgan fingerprint density at radius 1 is 0.857 bits per heavy atom. The normalized spacial score (nSPS) is 15.5. The van der Waals surface area contributed by atoms with Crippen molar-refractivity contribution in [3.8, 4) is 16.9 Å². The first-order chi connectivity index (χ1) is 9.75. The fraction of sp³-hybridized carbons (Fsp3) is 0.368. The van der Waals surface area contributed by atoms with E-state index in [0.717, 1.165) is 5.75 Å². The number of fused-ring (bicyclic) bond motifs is 3. The van der Waals surface area contributed by atoms with E-state index in [0.29, 0.717) is 0 Å². The SMILES string of the molecule is COc1ccc2c(c1)-c1cc(C(C)(C)C)ccc1[Si]2(C)C. The zero-order valence-corrected chi connectivity index (χ0v) is 14.9. The summed E-state index contributed by atoms with van der Waals surface area (Å²) in [4.78, 5) is 0. The topological polar surface area (TPSA) is 9.23 Å². The van der Waals surface area contributed by atoms with Crippen LogP contribution in [0.3, 0.4) is 0 Å². The van der Waals surface area contributed by atoms with E-state index in [1.165, 1.54) is 21.9 Å². The van der Waals surface area contributed by atoms with Crippen molar-refractivity contribution in [1.82, 2.24) is 0 Å².